The summed E-state index contributed by atoms with van der Waals surface area (Å²) in [6.07, 6.45) is 3.18. The maximum Gasteiger partial charge on any atom is 0.255 e. The molecule has 3 rings (SSSR count). The first-order valence-electron chi connectivity index (χ1n) is 8.42. The number of hydrogen-bond donors (Lipinski definition) is 2. The van der Waals surface area contributed by atoms with Crippen LogP contribution in [0.2, 0.25) is 0 Å². The Bertz CT molecular complexity index is 1070. The van der Waals surface area contributed by atoms with Gasteiger partial charge in [-0.1, -0.05) is 12.1 Å². The molecule has 1 amide bonds. The summed E-state index contributed by atoms with van der Waals surface area (Å²) in [7, 11) is -2.23. The Labute approximate surface area is 163 Å². The van der Waals surface area contributed by atoms with Crippen molar-refractivity contribution in [2.24, 2.45) is 0 Å². The number of sulfonamides is 1. The third-order valence-electron chi connectivity index (χ3n) is 3.95. The van der Waals surface area contributed by atoms with Crippen LogP contribution >= 0.6 is 0 Å². The molecule has 2 aromatic carbocycles. The minimum Gasteiger partial charge on any atom is -0.497 e. The van der Waals surface area contributed by atoms with Crippen molar-refractivity contribution in [3.8, 4) is 5.75 Å². The van der Waals surface area contributed by atoms with Crippen molar-refractivity contribution in [3.05, 3.63) is 84.2 Å². The quantitative estimate of drug-likeness (QED) is 0.639. The van der Waals surface area contributed by atoms with Gasteiger partial charge in [-0.2, -0.15) is 0 Å². The number of nitrogens with zero attached hydrogens (tertiary/aromatic N) is 1. The summed E-state index contributed by atoms with van der Waals surface area (Å²) in [5.74, 6) is 0.189. The molecule has 1 heterocycles. The Morgan fingerprint density at radius 2 is 1.79 bits per heavy atom. The van der Waals surface area contributed by atoms with Gasteiger partial charge in [-0.25, -0.2) is 13.1 Å². The van der Waals surface area contributed by atoms with Gasteiger partial charge < -0.3 is 10.1 Å². The molecule has 7 nitrogen and oxygen atoms in total. The van der Waals surface area contributed by atoms with Gasteiger partial charge in [0.1, 0.15) is 5.75 Å². The van der Waals surface area contributed by atoms with Gasteiger partial charge >= 0.3 is 0 Å². The predicted molar refractivity (Wildman–Crippen MR) is 106 cm³/mol. The fourth-order valence-electron chi connectivity index (χ4n) is 2.47. The number of nitrogens with one attached hydrogen (secondary N) is 2. The van der Waals surface area contributed by atoms with Crippen LogP contribution < -0.4 is 14.8 Å². The van der Waals surface area contributed by atoms with E-state index in [0.29, 0.717) is 11.4 Å². The SMILES string of the molecule is COc1cccc(NC(=O)c2cccc(S(=O)(=O)NCc3ccncc3)c2)c1. The zero-order valence-corrected chi connectivity index (χ0v) is 15.9. The van der Waals surface area contributed by atoms with Crippen molar-refractivity contribution < 1.29 is 17.9 Å². The molecule has 0 radical (unpaired) electrons. The molecule has 0 atom stereocenters. The lowest BCUT2D eigenvalue weighted by Crippen LogP contribution is -2.23. The lowest BCUT2D eigenvalue weighted by atomic mass is 10.2. The molecule has 0 aliphatic rings. The molecule has 0 saturated carbocycles. The van der Waals surface area contributed by atoms with Crippen LogP contribution in [-0.4, -0.2) is 26.4 Å². The summed E-state index contributed by atoms with van der Waals surface area (Å²) in [4.78, 5) is 16.4. The molecule has 0 aliphatic carbocycles. The van der Waals surface area contributed by atoms with Crippen LogP contribution in [-0.2, 0) is 16.6 Å². The van der Waals surface area contributed by atoms with E-state index in [2.05, 4.69) is 15.0 Å². The highest BCUT2D eigenvalue weighted by Gasteiger charge is 2.16. The molecular formula is C20H19N3O4S. The number of ether oxygens (including phenoxy) is 1. The number of rotatable bonds is 7. The van der Waals surface area contributed by atoms with Crippen molar-refractivity contribution in [1.82, 2.24) is 9.71 Å². The second-order valence-electron chi connectivity index (χ2n) is 5.89. The Morgan fingerprint density at radius 3 is 2.54 bits per heavy atom. The van der Waals surface area contributed by atoms with Crippen LogP contribution in [0, 0.1) is 0 Å². The standard InChI is InChI=1S/C20H19N3O4S/c1-27-18-6-3-5-17(13-18)23-20(24)16-4-2-7-19(12-16)28(25,26)22-14-15-8-10-21-11-9-15/h2-13,22H,14H2,1H3,(H,23,24). The van der Waals surface area contributed by atoms with Gasteiger partial charge in [0, 0.05) is 36.3 Å². The number of aromatic nitrogens is 1. The summed E-state index contributed by atoms with van der Waals surface area (Å²) in [5, 5.41) is 2.73. The van der Waals surface area contributed by atoms with E-state index in [0.717, 1.165) is 5.56 Å². The van der Waals surface area contributed by atoms with E-state index in [1.54, 1.807) is 54.9 Å². The Morgan fingerprint density at radius 1 is 1.04 bits per heavy atom. The van der Waals surface area contributed by atoms with Gasteiger partial charge in [-0.3, -0.25) is 9.78 Å². The topological polar surface area (TPSA) is 97.4 Å². The molecule has 1 aromatic heterocycles. The van der Waals surface area contributed by atoms with Crippen molar-refractivity contribution in [2.45, 2.75) is 11.4 Å². The van der Waals surface area contributed by atoms with Crippen LogP contribution in [0.4, 0.5) is 5.69 Å². The average Bonchev–Trinajstić information content (AvgIpc) is 2.73. The monoisotopic (exact) mass is 397 g/mol. The van der Waals surface area contributed by atoms with Gasteiger partial charge in [0.25, 0.3) is 5.91 Å². The van der Waals surface area contributed by atoms with Crippen LogP contribution in [0.3, 0.4) is 0 Å². The minimum absolute atomic E-state index is 0.0137. The molecule has 0 bridgehead atoms. The molecule has 144 valence electrons. The lowest BCUT2D eigenvalue weighted by Gasteiger charge is -2.10. The van der Waals surface area contributed by atoms with E-state index >= 15 is 0 Å². The Kier molecular flexibility index (Phi) is 6.03. The van der Waals surface area contributed by atoms with Crippen molar-refractivity contribution >= 4 is 21.6 Å². The number of methoxy groups -OCH3 is 1. The van der Waals surface area contributed by atoms with Crippen LogP contribution in [0.5, 0.6) is 5.75 Å². The van der Waals surface area contributed by atoms with Crippen LogP contribution in [0.1, 0.15) is 15.9 Å². The van der Waals surface area contributed by atoms with Gasteiger partial charge in [0.2, 0.25) is 10.0 Å². The number of pyridine rings is 1. The molecule has 8 heteroatoms. The summed E-state index contributed by atoms with van der Waals surface area (Å²) in [6.45, 7) is 0.130. The highest BCUT2D eigenvalue weighted by molar-refractivity contribution is 7.89. The molecule has 0 unspecified atom stereocenters. The van der Waals surface area contributed by atoms with E-state index in [-0.39, 0.29) is 17.0 Å². The summed E-state index contributed by atoms with van der Waals surface area (Å²) >= 11 is 0. The molecule has 2 N–H and O–H groups in total. The average molecular weight is 397 g/mol. The number of anilines is 1. The normalized spacial score (nSPS) is 11.0. The lowest BCUT2D eigenvalue weighted by molar-refractivity contribution is 0.102. The van der Waals surface area contributed by atoms with E-state index in [1.165, 1.54) is 25.3 Å². The zero-order chi connectivity index (χ0) is 20.0. The second-order valence-corrected chi connectivity index (χ2v) is 7.66. The molecule has 0 saturated heterocycles. The maximum atomic E-state index is 12.5. The molecule has 0 fully saturated rings. The Hall–Kier alpha value is -3.23. The van der Waals surface area contributed by atoms with Crippen molar-refractivity contribution in [3.63, 3.8) is 0 Å². The molecule has 0 aliphatic heterocycles. The highest BCUT2D eigenvalue weighted by Crippen LogP contribution is 2.18. The molecule has 28 heavy (non-hydrogen) atoms. The first-order chi connectivity index (χ1) is 13.5. The molecular weight excluding hydrogens is 378 g/mol. The third-order valence-corrected chi connectivity index (χ3v) is 5.35. The van der Waals surface area contributed by atoms with Gasteiger partial charge in [-0.05, 0) is 48.0 Å². The first-order valence-corrected chi connectivity index (χ1v) is 9.90. The van der Waals surface area contributed by atoms with E-state index in [9.17, 15) is 13.2 Å². The van der Waals surface area contributed by atoms with E-state index in [4.69, 9.17) is 4.74 Å². The third kappa shape index (κ3) is 4.93. The minimum atomic E-state index is -3.77. The Balaban J connectivity index is 1.74. The summed E-state index contributed by atoms with van der Waals surface area (Å²) < 4.78 is 32.7. The number of benzene rings is 2. The summed E-state index contributed by atoms with van der Waals surface area (Å²) in [6, 6.07) is 16.2. The molecule has 3 aromatic rings. The van der Waals surface area contributed by atoms with E-state index in [1.807, 2.05) is 0 Å². The predicted octanol–water partition coefficient (Wildman–Crippen LogP) is 2.82. The van der Waals surface area contributed by atoms with Gasteiger partial charge in [0.15, 0.2) is 0 Å². The van der Waals surface area contributed by atoms with E-state index < -0.39 is 15.9 Å². The maximum absolute atomic E-state index is 12.5. The van der Waals surface area contributed by atoms with Crippen molar-refractivity contribution in [1.29, 1.82) is 0 Å². The number of amides is 1. The first kappa shape index (κ1) is 19.5. The smallest absolute Gasteiger partial charge is 0.255 e. The fourth-order valence-corrected chi connectivity index (χ4v) is 3.53. The largest absolute Gasteiger partial charge is 0.497 e. The number of hydrogen-bond acceptors (Lipinski definition) is 5. The van der Waals surface area contributed by atoms with Crippen molar-refractivity contribution in [2.75, 3.05) is 12.4 Å². The number of carbonyl (C=O) groups excluding carboxylic acids is 1. The van der Waals surface area contributed by atoms with Gasteiger partial charge in [0.05, 0.1) is 12.0 Å². The van der Waals surface area contributed by atoms with Crippen LogP contribution in [0.15, 0.2) is 78.0 Å². The molecule has 0 spiro atoms. The van der Waals surface area contributed by atoms with Gasteiger partial charge in [-0.15, -0.1) is 0 Å². The number of carbonyl (C=O) groups is 1. The highest BCUT2D eigenvalue weighted by atomic mass is 32.2. The summed E-state index contributed by atoms with van der Waals surface area (Å²) in [5.41, 5.74) is 1.56. The second kappa shape index (κ2) is 8.64. The zero-order valence-electron chi connectivity index (χ0n) is 15.1. The fraction of sp³-hybridized carbons (Fsp3) is 0.100. The van der Waals surface area contributed by atoms with Crippen LogP contribution in [0.25, 0.3) is 0 Å².